The quantitative estimate of drug-likeness (QED) is 0.738. The normalized spacial score (nSPS) is 25.8. The lowest BCUT2D eigenvalue weighted by Gasteiger charge is -2.53. The van der Waals surface area contributed by atoms with Gasteiger partial charge < -0.3 is 19.3 Å². The summed E-state index contributed by atoms with van der Waals surface area (Å²) in [6.45, 7) is 6.02. The highest BCUT2D eigenvalue weighted by Gasteiger charge is 2.49. The van der Waals surface area contributed by atoms with Crippen LogP contribution in [0, 0.1) is 0 Å². The van der Waals surface area contributed by atoms with Crippen molar-refractivity contribution in [1.82, 2.24) is 9.80 Å². The van der Waals surface area contributed by atoms with Crippen molar-refractivity contribution in [2.45, 2.75) is 63.6 Å². The van der Waals surface area contributed by atoms with Crippen LogP contribution in [-0.4, -0.2) is 72.7 Å². The molecular weight excluding hydrogens is 308 g/mol. The number of likely N-dealkylation sites (tertiary alicyclic amines) is 2. The molecule has 6 nitrogen and oxygen atoms in total. The maximum absolute atomic E-state index is 12.1. The molecule has 0 unspecified atom stereocenters. The first-order chi connectivity index (χ1) is 11.6. The number of carbonyl (C=O) groups excluding carboxylic acids is 2. The molecule has 3 aliphatic heterocycles. The van der Waals surface area contributed by atoms with Gasteiger partial charge in [0, 0.05) is 32.5 Å². The topological polar surface area (TPSA) is 59.1 Å². The maximum atomic E-state index is 12.1. The molecule has 3 saturated heterocycles. The van der Waals surface area contributed by atoms with Gasteiger partial charge >= 0.3 is 0 Å². The third-order valence-electron chi connectivity index (χ3n) is 5.40. The highest BCUT2D eigenvalue weighted by atomic mass is 16.5. The van der Waals surface area contributed by atoms with Gasteiger partial charge in [0.2, 0.25) is 11.8 Å². The number of nitrogens with zero attached hydrogens (tertiary/aromatic N) is 2. The van der Waals surface area contributed by atoms with Gasteiger partial charge in [0.15, 0.2) is 0 Å². The molecule has 0 aromatic carbocycles. The van der Waals surface area contributed by atoms with E-state index in [0.29, 0.717) is 26.1 Å². The van der Waals surface area contributed by atoms with Crippen LogP contribution in [0.3, 0.4) is 0 Å². The number of unbranched alkanes of at least 4 members (excludes halogenated alkanes) is 1. The van der Waals surface area contributed by atoms with Crippen LogP contribution >= 0.6 is 0 Å². The first kappa shape index (κ1) is 17.7. The van der Waals surface area contributed by atoms with E-state index in [4.69, 9.17) is 9.47 Å². The molecule has 24 heavy (non-hydrogen) atoms. The van der Waals surface area contributed by atoms with Crippen molar-refractivity contribution >= 4 is 11.8 Å². The smallest absolute Gasteiger partial charge is 0.248 e. The summed E-state index contributed by atoms with van der Waals surface area (Å²) in [6.07, 6.45) is 6.53. The fourth-order valence-electron chi connectivity index (χ4n) is 3.90. The Morgan fingerprint density at radius 2 is 1.92 bits per heavy atom. The van der Waals surface area contributed by atoms with Gasteiger partial charge in [-0.3, -0.25) is 9.59 Å². The molecule has 2 amide bonds. The summed E-state index contributed by atoms with van der Waals surface area (Å²) >= 11 is 0. The zero-order chi connectivity index (χ0) is 17.0. The van der Waals surface area contributed by atoms with Crippen LogP contribution in [0.4, 0.5) is 0 Å². The summed E-state index contributed by atoms with van der Waals surface area (Å²) in [5.74, 6) is 0.344. The molecule has 0 bridgehead atoms. The van der Waals surface area contributed by atoms with Crippen molar-refractivity contribution in [1.29, 1.82) is 0 Å². The molecule has 3 rings (SSSR count). The summed E-state index contributed by atoms with van der Waals surface area (Å²) in [5, 5.41) is 0. The van der Waals surface area contributed by atoms with E-state index in [-0.39, 0.29) is 30.1 Å². The molecule has 6 heteroatoms. The average Bonchev–Trinajstić information content (AvgIpc) is 3.10. The van der Waals surface area contributed by atoms with Gasteiger partial charge in [0.25, 0.3) is 0 Å². The molecular formula is C18H30N2O4. The molecule has 3 fully saturated rings. The highest BCUT2D eigenvalue weighted by Crippen LogP contribution is 2.35. The molecule has 0 radical (unpaired) electrons. The summed E-state index contributed by atoms with van der Waals surface area (Å²) in [6, 6.07) is 0. The number of ether oxygens (including phenoxy) is 2. The van der Waals surface area contributed by atoms with Crippen molar-refractivity contribution in [3.63, 3.8) is 0 Å². The second-order valence-corrected chi connectivity index (χ2v) is 7.40. The van der Waals surface area contributed by atoms with Crippen LogP contribution in [0.5, 0.6) is 0 Å². The average molecular weight is 338 g/mol. The Morgan fingerprint density at radius 3 is 2.62 bits per heavy atom. The first-order valence-electron chi connectivity index (χ1n) is 9.43. The lowest BCUT2D eigenvalue weighted by molar-refractivity contribution is -0.202. The SMILES string of the molecule is CCCCC(=O)N1CC2(C[C@H](OCC(=O)N3CCCC3)CCO2)C1. The van der Waals surface area contributed by atoms with E-state index in [1.54, 1.807) is 0 Å². The fraction of sp³-hybridized carbons (Fsp3) is 0.889. The monoisotopic (exact) mass is 338 g/mol. The second-order valence-electron chi connectivity index (χ2n) is 7.40. The van der Waals surface area contributed by atoms with E-state index in [1.165, 1.54) is 0 Å². The van der Waals surface area contributed by atoms with Gasteiger partial charge in [0.05, 0.1) is 19.2 Å². The van der Waals surface area contributed by atoms with Crippen LogP contribution in [0.25, 0.3) is 0 Å². The van der Waals surface area contributed by atoms with Crippen molar-refractivity contribution in [3.05, 3.63) is 0 Å². The molecule has 3 heterocycles. The second kappa shape index (κ2) is 7.83. The van der Waals surface area contributed by atoms with Crippen molar-refractivity contribution < 1.29 is 19.1 Å². The fourth-order valence-corrected chi connectivity index (χ4v) is 3.90. The Labute approximate surface area is 144 Å². The Bertz CT molecular complexity index is 456. The Morgan fingerprint density at radius 1 is 1.17 bits per heavy atom. The highest BCUT2D eigenvalue weighted by molar-refractivity contribution is 5.78. The summed E-state index contributed by atoms with van der Waals surface area (Å²) in [4.78, 5) is 27.9. The number of hydrogen-bond acceptors (Lipinski definition) is 4. The number of rotatable bonds is 6. The van der Waals surface area contributed by atoms with Crippen LogP contribution < -0.4 is 0 Å². The van der Waals surface area contributed by atoms with E-state index < -0.39 is 0 Å². The summed E-state index contributed by atoms with van der Waals surface area (Å²) < 4.78 is 11.8. The summed E-state index contributed by atoms with van der Waals surface area (Å²) in [7, 11) is 0. The minimum absolute atomic E-state index is 0.0678. The molecule has 0 aromatic heterocycles. The third-order valence-corrected chi connectivity index (χ3v) is 5.40. The minimum atomic E-state index is -0.235. The lowest BCUT2D eigenvalue weighted by Crippen LogP contribution is -2.67. The van der Waals surface area contributed by atoms with Crippen LogP contribution in [0.1, 0.15) is 51.9 Å². The van der Waals surface area contributed by atoms with Gasteiger partial charge in [-0.25, -0.2) is 0 Å². The molecule has 1 spiro atoms. The molecule has 0 aliphatic carbocycles. The third kappa shape index (κ3) is 4.09. The molecule has 0 aromatic rings. The molecule has 0 saturated carbocycles. The van der Waals surface area contributed by atoms with Gasteiger partial charge in [-0.1, -0.05) is 13.3 Å². The Balaban J connectivity index is 1.40. The van der Waals surface area contributed by atoms with Gasteiger partial charge in [-0.05, 0) is 25.7 Å². The van der Waals surface area contributed by atoms with E-state index >= 15 is 0 Å². The van der Waals surface area contributed by atoms with E-state index in [0.717, 1.165) is 51.6 Å². The Hall–Kier alpha value is -1.14. The van der Waals surface area contributed by atoms with Crippen molar-refractivity contribution in [2.24, 2.45) is 0 Å². The van der Waals surface area contributed by atoms with Crippen molar-refractivity contribution in [3.8, 4) is 0 Å². The van der Waals surface area contributed by atoms with E-state index in [1.807, 2.05) is 9.80 Å². The van der Waals surface area contributed by atoms with Crippen LogP contribution in [0.2, 0.25) is 0 Å². The van der Waals surface area contributed by atoms with Gasteiger partial charge in [0.1, 0.15) is 12.2 Å². The predicted octanol–water partition coefficient (Wildman–Crippen LogP) is 1.58. The minimum Gasteiger partial charge on any atom is -0.371 e. The first-order valence-corrected chi connectivity index (χ1v) is 9.43. The lowest BCUT2D eigenvalue weighted by atomic mass is 9.84. The standard InChI is InChI=1S/C18H30N2O4/c1-2-3-6-16(21)20-13-18(14-20)11-15(7-10-24-18)23-12-17(22)19-8-4-5-9-19/h15H,2-14H2,1H3/t15-/m1/s1. The largest absolute Gasteiger partial charge is 0.371 e. The van der Waals surface area contributed by atoms with E-state index in [2.05, 4.69) is 6.92 Å². The van der Waals surface area contributed by atoms with Crippen molar-refractivity contribution in [2.75, 3.05) is 39.4 Å². The van der Waals surface area contributed by atoms with Crippen LogP contribution in [-0.2, 0) is 19.1 Å². The number of amides is 2. The maximum Gasteiger partial charge on any atom is 0.248 e. The predicted molar refractivity (Wildman–Crippen MR) is 89.6 cm³/mol. The number of hydrogen-bond donors (Lipinski definition) is 0. The van der Waals surface area contributed by atoms with E-state index in [9.17, 15) is 9.59 Å². The van der Waals surface area contributed by atoms with Gasteiger partial charge in [-0.2, -0.15) is 0 Å². The molecule has 3 aliphatic rings. The zero-order valence-corrected chi connectivity index (χ0v) is 14.8. The summed E-state index contributed by atoms with van der Waals surface area (Å²) in [5.41, 5.74) is -0.235. The zero-order valence-electron chi connectivity index (χ0n) is 14.8. The van der Waals surface area contributed by atoms with Gasteiger partial charge in [-0.15, -0.1) is 0 Å². The number of carbonyl (C=O) groups is 2. The Kier molecular flexibility index (Phi) is 5.76. The molecule has 0 N–H and O–H groups in total. The molecule has 1 atom stereocenters. The molecule has 136 valence electrons. The van der Waals surface area contributed by atoms with Crippen LogP contribution in [0.15, 0.2) is 0 Å².